The van der Waals surface area contributed by atoms with Crippen molar-refractivity contribution in [3.63, 3.8) is 0 Å². The normalized spacial score (nSPS) is 24.2. The van der Waals surface area contributed by atoms with Crippen molar-refractivity contribution in [1.29, 1.82) is 0 Å². The summed E-state index contributed by atoms with van der Waals surface area (Å²) in [6, 6.07) is 0. The summed E-state index contributed by atoms with van der Waals surface area (Å²) in [4.78, 5) is 17.0. The fourth-order valence-corrected chi connectivity index (χ4v) is 3.33. The van der Waals surface area contributed by atoms with Crippen LogP contribution in [-0.4, -0.2) is 36.0 Å². The van der Waals surface area contributed by atoms with Gasteiger partial charge in [0.15, 0.2) is 5.03 Å². The maximum absolute atomic E-state index is 11.8. The van der Waals surface area contributed by atoms with Gasteiger partial charge in [0.2, 0.25) is 0 Å². The molecule has 1 fully saturated rings. The van der Waals surface area contributed by atoms with Gasteiger partial charge in [-0.15, -0.1) is 0 Å². The van der Waals surface area contributed by atoms with E-state index in [2.05, 4.69) is 14.7 Å². The summed E-state index contributed by atoms with van der Waals surface area (Å²) in [5.41, 5.74) is 0. The monoisotopic (exact) mass is 287 g/mol. The molecule has 2 rings (SSSR count). The average Bonchev–Trinajstić information content (AvgIpc) is 2.91. The Morgan fingerprint density at radius 3 is 2.63 bits per heavy atom. The molecule has 0 unspecified atom stereocenters. The van der Waals surface area contributed by atoms with Crippen molar-refractivity contribution in [2.24, 2.45) is 11.8 Å². The number of nitrogens with zero attached hydrogens (tertiary/aromatic N) is 1. The number of aromatic amines is 1. The Bertz CT molecular complexity index is 518. The standard InChI is InChI=1S/C11H17N3O4S/c15-11(16)9-3-1-8(2-4-9)5-14-19(17,18)10-6-12-7-13-10/h6-9,14H,1-5H2,(H,12,13)(H,15,16). The number of nitrogens with one attached hydrogen (secondary N) is 2. The van der Waals surface area contributed by atoms with Crippen molar-refractivity contribution in [1.82, 2.24) is 14.7 Å². The highest BCUT2D eigenvalue weighted by Crippen LogP contribution is 2.28. The molecule has 1 aliphatic carbocycles. The van der Waals surface area contributed by atoms with Crippen LogP contribution in [0.15, 0.2) is 17.6 Å². The highest BCUT2D eigenvalue weighted by atomic mass is 32.2. The molecule has 1 aromatic heterocycles. The molecule has 106 valence electrons. The second-order valence-electron chi connectivity index (χ2n) is 4.82. The van der Waals surface area contributed by atoms with Gasteiger partial charge in [-0.2, -0.15) is 0 Å². The van der Waals surface area contributed by atoms with Crippen LogP contribution in [0.25, 0.3) is 0 Å². The summed E-state index contributed by atoms with van der Waals surface area (Å²) in [7, 11) is -3.53. The van der Waals surface area contributed by atoms with Gasteiger partial charge in [0.1, 0.15) is 0 Å². The van der Waals surface area contributed by atoms with E-state index in [1.165, 1.54) is 12.5 Å². The lowest BCUT2D eigenvalue weighted by atomic mass is 9.82. The number of hydrogen-bond acceptors (Lipinski definition) is 4. The van der Waals surface area contributed by atoms with Crippen LogP contribution >= 0.6 is 0 Å². The van der Waals surface area contributed by atoms with Crippen molar-refractivity contribution in [3.05, 3.63) is 12.5 Å². The van der Waals surface area contributed by atoms with E-state index in [4.69, 9.17) is 5.11 Å². The maximum atomic E-state index is 11.8. The highest BCUT2D eigenvalue weighted by Gasteiger charge is 2.27. The quantitative estimate of drug-likeness (QED) is 0.733. The molecule has 0 amide bonds. The molecule has 0 aliphatic heterocycles. The predicted octanol–water partition coefficient (Wildman–Crippen LogP) is 0.579. The molecule has 0 radical (unpaired) electrons. The molecule has 0 aromatic carbocycles. The molecular weight excluding hydrogens is 270 g/mol. The van der Waals surface area contributed by atoms with Crippen molar-refractivity contribution in [3.8, 4) is 0 Å². The minimum Gasteiger partial charge on any atom is -0.481 e. The number of aliphatic carboxylic acids is 1. The summed E-state index contributed by atoms with van der Waals surface area (Å²) in [6.45, 7) is 0.341. The molecule has 7 nitrogen and oxygen atoms in total. The zero-order valence-corrected chi connectivity index (χ0v) is 11.2. The molecule has 0 spiro atoms. The largest absolute Gasteiger partial charge is 0.481 e. The molecule has 0 atom stereocenters. The Hall–Kier alpha value is -1.41. The molecule has 1 aromatic rings. The highest BCUT2D eigenvalue weighted by molar-refractivity contribution is 7.89. The lowest BCUT2D eigenvalue weighted by Gasteiger charge is -2.25. The number of H-pyrrole nitrogens is 1. The molecule has 8 heteroatoms. The molecule has 19 heavy (non-hydrogen) atoms. The summed E-state index contributed by atoms with van der Waals surface area (Å²) in [5, 5.41) is 8.93. The topological polar surface area (TPSA) is 112 Å². The summed E-state index contributed by atoms with van der Waals surface area (Å²) in [5.74, 6) is -0.828. The van der Waals surface area contributed by atoms with Crippen molar-refractivity contribution < 1.29 is 18.3 Å². The average molecular weight is 287 g/mol. The molecule has 0 saturated heterocycles. The van der Waals surface area contributed by atoms with Gasteiger partial charge in [0.25, 0.3) is 10.0 Å². The predicted molar refractivity (Wildman–Crippen MR) is 66.9 cm³/mol. The first kappa shape index (κ1) is 14.0. The summed E-state index contributed by atoms with van der Waals surface area (Å²) >= 11 is 0. The minimum atomic E-state index is -3.53. The number of rotatable bonds is 5. The van der Waals surface area contributed by atoms with E-state index < -0.39 is 16.0 Å². The smallest absolute Gasteiger partial charge is 0.306 e. The van der Waals surface area contributed by atoms with Crippen LogP contribution in [0.1, 0.15) is 25.7 Å². The van der Waals surface area contributed by atoms with E-state index in [9.17, 15) is 13.2 Å². The lowest BCUT2D eigenvalue weighted by Crippen LogP contribution is -2.32. The second-order valence-corrected chi connectivity index (χ2v) is 6.56. The fraction of sp³-hybridized carbons (Fsp3) is 0.636. The zero-order valence-electron chi connectivity index (χ0n) is 10.4. The number of carbonyl (C=O) groups is 1. The zero-order chi connectivity index (χ0) is 13.9. The molecule has 1 saturated carbocycles. The third-order valence-electron chi connectivity index (χ3n) is 3.52. The van der Waals surface area contributed by atoms with E-state index in [1.807, 2.05) is 0 Å². The lowest BCUT2D eigenvalue weighted by molar-refractivity contribution is -0.143. The van der Waals surface area contributed by atoms with Gasteiger partial charge >= 0.3 is 5.97 Å². The Labute approximate surface area is 111 Å². The number of sulfonamides is 1. The van der Waals surface area contributed by atoms with E-state index in [0.717, 1.165) is 12.8 Å². The minimum absolute atomic E-state index is 0.0479. The summed E-state index contributed by atoms with van der Waals surface area (Å²) < 4.78 is 26.2. The van der Waals surface area contributed by atoms with Crippen LogP contribution in [0.3, 0.4) is 0 Å². The maximum Gasteiger partial charge on any atom is 0.306 e. The Morgan fingerprint density at radius 2 is 2.11 bits per heavy atom. The van der Waals surface area contributed by atoms with Gasteiger partial charge in [-0.05, 0) is 31.6 Å². The third-order valence-corrected chi connectivity index (χ3v) is 4.87. The first-order valence-electron chi connectivity index (χ1n) is 6.20. The van der Waals surface area contributed by atoms with Gasteiger partial charge < -0.3 is 10.1 Å². The van der Waals surface area contributed by atoms with Crippen LogP contribution in [0.5, 0.6) is 0 Å². The SMILES string of the molecule is O=C(O)C1CCC(CNS(=O)(=O)c2cnc[nH]2)CC1. The van der Waals surface area contributed by atoms with Crippen LogP contribution in [-0.2, 0) is 14.8 Å². The molecule has 0 bridgehead atoms. The van der Waals surface area contributed by atoms with Crippen LogP contribution in [0, 0.1) is 11.8 Å². The Kier molecular flexibility index (Phi) is 4.20. The van der Waals surface area contributed by atoms with Gasteiger partial charge in [-0.3, -0.25) is 4.79 Å². The van der Waals surface area contributed by atoms with Crippen molar-refractivity contribution >= 4 is 16.0 Å². The fourth-order valence-electron chi connectivity index (χ4n) is 2.31. The number of hydrogen-bond donors (Lipinski definition) is 3. The molecule has 3 N–H and O–H groups in total. The van der Waals surface area contributed by atoms with Gasteiger partial charge in [0, 0.05) is 6.54 Å². The van der Waals surface area contributed by atoms with Gasteiger partial charge in [-0.1, -0.05) is 0 Å². The first-order chi connectivity index (χ1) is 8.99. The molecule has 1 heterocycles. The van der Waals surface area contributed by atoms with E-state index >= 15 is 0 Å². The number of carboxylic acid groups (broad SMARTS) is 1. The van der Waals surface area contributed by atoms with E-state index in [-0.39, 0.29) is 16.9 Å². The van der Waals surface area contributed by atoms with E-state index in [0.29, 0.717) is 19.4 Å². The second kappa shape index (κ2) is 5.70. The first-order valence-corrected chi connectivity index (χ1v) is 7.68. The number of carboxylic acids is 1. The van der Waals surface area contributed by atoms with Crippen LogP contribution < -0.4 is 4.72 Å². The van der Waals surface area contributed by atoms with Crippen molar-refractivity contribution in [2.75, 3.05) is 6.54 Å². The Morgan fingerprint density at radius 1 is 1.42 bits per heavy atom. The van der Waals surface area contributed by atoms with Gasteiger partial charge in [0.05, 0.1) is 18.4 Å². The van der Waals surface area contributed by atoms with Gasteiger partial charge in [-0.25, -0.2) is 18.1 Å². The molecule has 1 aliphatic rings. The number of imidazole rings is 1. The van der Waals surface area contributed by atoms with Crippen molar-refractivity contribution in [2.45, 2.75) is 30.7 Å². The van der Waals surface area contributed by atoms with Crippen LogP contribution in [0.4, 0.5) is 0 Å². The Balaban J connectivity index is 1.83. The molecular formula is C11H17N3O4S. The van der Waals surface area contributed by atoms with E-state index in [1.54, 1.807) is 0 Å². The number of aromatic nitrogens is 2. The van der Waals surface area contributed by atoms with Crippen LogP contribution in [0.2, 0.25) is 0 Å². The summed E-state index contributed by atoms with van der Waals surface area (Å²) in [6.07, 6.45) is 5.28. The third kappa shape index (κ3) is 3.54.